The molecule has 3 nitrogen and oxygen atoms in total. The molecular weight excluding hydrogens is 262 g/mol. The van der Waals surface area contributed by atoms with Gasteiger partial charge in [-0.15, -0.1) is 11.6 Å². The predicted octanol–water partition coefficient (Wildman–Crippen LogP) is 2.92. The van der Waals surface area contributed by atoms with Gasteiger partial charge in [0.25, 0.3) is 5.91 Å². The monoisotopic (exact) mass is 277 g/mol. The SMILES string of the molecule is NC(=O)C1=C(CCCCCCl)c2ccccc2C1=O. The van der Waals surface area contributed by atoms with Gasteiger partial charge in [0, 0.05) is 11.4 Å². The summed E-state index contributed by atoms with van der Waals surface area (Å²) in [5.41, 5.74) is 7.74. The maximum atomic E-state index is 12.2. The lowest BCUT2D eigenvalue weighted by molar-refractivity contribution is -0.114. The van der Waals surface area contributed by atoms with Gasteiger partial charge in [0.15, 0.2) is 5.78 Å². The first-order valence-corrected chi connectivity index (χ1v) is 6.93. The minimum absolute atomic E-state index is 0.159. The summed E-state index contributed by atoms with van der Waals surface area (Å²) in [6.07, 6.45) is 3.52. The Hall–Kier alpha value is -1.61. The Morgan fingerprint density at radius 2 is 1.79 bits per heavy atom. The van der Waals surface area contributed by atoms with Gasteiger partial charge in [-0.25, -0.2) is 0 Å². The molecule has 0 aliphatic heterocycles. The highest BCUT2D eigenvalue weighted by Gasteiger charge is 2.31. The molecule has 1 amide bonds. The van der Waals surface area contributed by atoms with Gasteiger partial charge in [-0.05, 0) is 30.4 Å². The molecule has 0 aromatic heterocycles. The smallest absolute Gasteiger partial charge is 0.252 e. The topological polar surface area (TPSA) is 60.2 Å². The van der Waals surface area contributed by atoms with Crippen molar-refractivity contribution in [1.82, 2.24) is 0 Å². The number of amides is 1. The van der Waals surface area contributed by atoms with E-state index in [2.05, 4.69) is 0 Å². The van der Waals surface area contributed by atoms with E-state index in [9.17, 15) is 9.59 Å². The molecular formula is C15H16ClNO2. The third kappa shape index (κ3) is 2.71. The highest BCUT2D eigenvalue weighted by molar-refractivity contribution is 6.34. The number of halogens is 1. The van der Waals surface area contributed by atoms with Crippen LogP contribution in [0.1, 0.15) is 41.6 Å². The first-order chi connectivity index (χ1) is 9.16. The van der Waals surface area contributed by atoms with Crippen molar-refractivity contribution in [2.45, 2.75) is 25.7 Å². The molecule has 0 unspecified atom stereocenters. The average Bonchev–Trinajstić information content (AvgIpc) is 2.69. The molecule has 0 bridgehead atoms. The summed E-state index contributed by atoms with van der Waals surface area (Å²) in [6, 6.07) is 7.28. The van der Waals surface area contributed by atoms with Crippen LogP contribution in [-0.4, -0.2) is 17.6 Å². The van der Waals surface area contributed by atoms with E-state index in [1.165, 1.54) is 0 Å². The van der Waals surface area contributed by atoms with Crippen LogP contribution in [0.2, 0.25) is 0 Å². The number of alkyl halides is 1. The number of rotatable bonds is 6. The van der Waals surface area contributed by atoms with E-state index < -0.39 is 5.91 Å². The van der Waals surface area contributed by atoms with Crippen molar-refractivity contribution in [3.8, 4) is 0 Å². The third-order valence-electron chi connectivity index (χ3n) is 3.33. The van der Waals surface area contributed by atoms with Crippen LogP contribution in [0.5, 0.6) is 0 Å². The number of hydrogen-bond acceptors (Lipinski definition) is 2. The van der Waals surface area contributed by atoms with E-state index >= 15 is 0 Å². The molecule has 0 heterocycles. The van der Waals surface area contributed by atoms with Crippen molar-refractivity contribution in [3.63, 3.8) is 0 Å². The number of carbonyl (C=O) groups excluding carboxylic acids is 2. The van der Waals surface area contributed by atoms with Crippen LogP contribution < -0.4 is 5.73 Å². The quantitative estimate of drug-likeness (QED) is 0.494. The molecule has 1 aliphatic carbocycles. The summed E-state index contributed by atoms with van der Waals surface area (Å²) >= 11 is 5.64. The Bertz CT molecular complexity index is 549. The molecule has 19 heavy (non-hydrogen) atoms. The number of unbranched alkanes of at least 4 members (excludes halogenated alkanes) is 2. The van der Waals surface area contributed by atoms with Crippen molar-refractivity contribution in [3.05, 3.63) is 41.0 Å². The summed E-state index contributed by atoms with van der Waals surface area (Å²) in [5.74, 6) is -0.235. The molecule has 0 saturated heterocycles. The maximum absolute atomic E-state index is 12.2. The summed E-state index contributed by atoms with van der Waals surface area (Å²) in [6.45, 7) is 0. The highest BCUT2D eigenvalue weighted by Crippen LogP contribution is 2.35. The zero-order valence-corrected chi connectivity index (χ0v) is 11.4. The minimum atomic E-state index is -0.631. The zero-order chi connectivity index (χ0) is 13.8. The lowest BCUT2D eigenvalue weighted by Crippen LogP contribution is -2.19. The number of Topliss-reactive ketones (excluding diaryl/α,β-unsaturated/α-hetero) is 1. The maximum Gasteiger partial charge on any atom is 0.252 e. The molecule has 2 rings (SSSR count). The zero-order valence-electron chi connectivity index (χ0n) is 10.6. The van der Waals surface area contributed by atoms with E-state index in [1.54, 1.807) is 12.1 Å². The van der Waals surface area contributed by atoms with Gasteiger partial charge in [0.05, 0.1) is 5.57 Å². The number of allylic oxidation sites excluding steroid dienone is 1. The second-order valence-electron chi connectivity index (χ2n) is 4.59. The molecule has 4 heteroatoms. The molecule has 1 aliphatic rings. The Balaban J connectivity index is 2.28. The molecule has 100 valence electrons. The van der Waals surface area contributed by atoms with Crippen LogP contribution in [0.15, 0.2) is 29.8 Å². The van der Waals surface area contributed by atoms with E-state index in [1.807, 2.05) is 12.1 Å². The molecule has 0 fully saturated rings. The van der Waals surface area contributed by atoms with Gasteiger partial charge in [0.1, 0.15) is 0 Å². The number of fused-ring (bicyclic) bond motifs is 1. The summed E-state index contributed by atoms with van der Waals surface area (Å²) in [7, 11) is 0. The van der Waals surface area contributed by atoms with Crippen LogP contribution in [-0.2, 0) is 4.79 Å². The molecule has 1 aromatic carbocycles. The number of carbonyl (C=O) groups is 2. The molecule has 2 N–H and O–H groups in total. The fourth-order valence-electron chi connectivity index (χ4n) is 2.44. The molecule has 0 radical (unpaired) electrons. The van der Waals surface area contributed by atoms with Crippen molar-refractivity contribution < 1.29 is 9.59 Å². The number of benzene rings is 1. The van der Waals surface area contributed by atoms with Crippen molar-refractivity contribution >= 4 is 28.9 Å². The highest BCUT2D eigenvalue weighted by atomic mass is 35.5. The Labute approximate surface area is 117 Å². The molecule has 0 atom stereocenters. The largest absolute Gasteiger partial charge is 0.365 e. The van der Waals surface area contributed by atoms with Crippen molar-refractivity contribution in [2.75, 3.05) is 5.88 Å². The summed E-state index contributed by atoms with van der Waals surface area (Å²) < 4.78 is 0. The normalized spacial score (nSPS) is 13.8. The molecule has 0 saturated carbocycles. The van der Waals surface area contributed by atoms with Gasteiger partial charge in [-0.1, -0.05) is 30.7 Å². The third-order valence-corrected chi connectivity index (χ3v) is 3.60. The van der Waals surface area contributed by atoms with E-state index in [-0.39, 0.29) is 11.4 Å². The Morgan fingerprint density at radius 3 is 2.42 bits per heavy atom. The minimum Gasteiger partial charge on any atom is -0.365 e. The van der Waals surface area contributed by atoms with E-state index in [0.717, 1.165) is 30.4 Å². The first kappa shape index (κ1) is 13.8. The van der Waals surface area contributed by atoms with Crippen molar-refractivity contribution in [1.29, 1.82) is 0 Å². The van der Waals surface area contributed by atoms with Crippen LogP contribution >= 0.6 is 11.6 Å². The van der Waals surface area contributed by atoms with Crippen LogP contribution in [0.25, 0.3) is 5.57 Å². The van der Waals surface area contributed by atoms with Gasteiger partial charge < -0.3 is 5.73 Å². The number of nitrogens with two attached hydrogens (primary N) is 1. The fourth-order valence-corrected chi connectivity index (χ4v) is 2.63. The number of primary amides is 1. The van der Waals surface area contributed by atoms with Crippen LogP contribution in [0.4, 0.5) is 0 Å². The van der Waals surface area contributed by atoms with Gasteiger partial charge in [0.2, 0.25) is 0 Å². The van der Waals surface area contributed by atoms with E-state index in [4.69, 9.17) is 17.3 Å². The Kier molecular flexibility index (Phi) is 4.38. The van der Waals surface area contributed by atoms with Crippen LogP contribution in [0.3, 0.4) is 0 Å². The fraction of sp³-hybridized carbons (Fsp3) is 0.333. The Morgan fingerprint density at radius 1 is 1.11 bits per heavy atom. The van der Waals surface area contributed by atoms with Crippen LogP contribution in [0, 0.1) is 0 Å². The number of hydrogen-bond donors (Lipinski definition) is 1. The first-order valence-electron chi connectivity index (χ1n) is 6.40. The summed E-state index contributed by atoms with van der Waals surface area (Å²) in [4.78, 5) is 23.7. The molecule has 0 spiro atoms. The lowest BCUT2D eigenvalue weighted by Gasteiger charge is -2.05. The number of ketones is 1. The predicted molar refractivity (Wildman–Crippen MR) is 76.1 cm³/mol. The molecule has 1 aromatic rings. The standard InChI is InChI=1S/C15H16ClNO2/c16-9-5-1-2-7-11-10-6-3-4-8-12(10)14(18)13(11)15(17)19/h3-4,6,8H,1-2,5,7,9H2,(H2,17,19). The second-order valence-corrected chi connectivity index (χ2v) is 4.97. The van der Waals surface area contributed by atoms with E-state index in [0.29, 0.717) is 17.9 Å². The van der Waals surface area contributed by atoms with Gasteiger partial charge >= 0.3 is 0 Å². The summed E-state index contributed by atoms with van der Waals surface area (Å²) in [5, 5.41) is 0. The average molecular weight is 278 g/mol. The van der Waals surface area contributed by atoms with Crippen molar-refractivity contribution in [2.24, 2.45) is 5.73 Å². The second kappa shape index (κ2) is 6.02. The lowest BCUT2D eigenvalue weighted by atomic mass is 9.99. The van der Waals surface area contributed by atoms with Gasteiger partial charge in [-0.3, -0.25) is 9.59 Å². The van der Waals surface area contributed by atoms with Gasteiger partial charge in [-0.2, -0.15) is 0 Å².